The minimum absolute atomic E-state index is 0.0637. The number of carbonyl (C=O) groups is 1. The van der Waals surface area contributed by atoms with Crippen LogP contribution < -0.4 is 5.32 Å². The number of halogens is 3. The molecule has 0 aliphatic rings. The average Bonchev–Trinajstić information content (AvgIpc) is 3.34. The topological polar surface area (TPSA) is 117 Å². The van der Waals surface area contributed by atoms with Crippen LogP contribution in [0, 0.1) is 11.3 Å². The molecule has 0 bridgehead atoms. The molecule has 0 fully saturated rings. The molecule has 2 aromatic heterocycles. The highest BCUT2D eigenvalue weighted by molar-refractivity contribution is 5.86. The Hall–Kier alpha value is -4.98. The van der Waals surface area contributed by atoms with Gasteiger partial charge in [-0.2, -0.15) is 28.5 Å². The summed E-state index contributed by atoms with van der Waals surface area (Å²) in [4.78, 5) is 19.5. The van der Waals surface area contributed by atoms with E-state index in [9.17, 15) is 18.0 Å². The summed E-state index contributed by atoms with van der Waals surface area (Å²) in [5.41, 5.74) is 1.29. The molecular weight excluding hydrogens is 461 g/mol. The van der Waals surface area contributed by atoms with Crippen LogP contribution in [0.5, 0.6) is 0 Å². The molecule has 0 aliphatic carbocycles. The minimum Gasteiger partial charge on any atom is -0.478 e. The zero-order valence-electron chi connectivity index (χ0n) is 17.7. The Morgan fingerprint density at radius 2 is 1.94 bits per heavy atom. The zero-order chi connectivity index (χ0) is 25.0. The average molecular weight is 476 g/mol. The van der Waals surface area contributed by atoms with Gasteiger partial charge in [-0.25, -0.2) is 14.5 Å². The van der Waals surface area contributed by atoms with Crippen molar-refractivity contribution in [3.63, 3.8) is 0 Å². The summed E-state index contributed by atoms with van der Waals surface area (Å²) in [7, 11) is 0. The van der Waals surface area contributed by atoms with Crippen LogP contribution in [-0.4, -0.2) is 30.8 Å². The molecule has 0 atom stereocenters. The molecule has 0 unspecified atom stereocenters. The molecular formula is C24H15F3N6O2. The van der Waals surface area contributed by atoms with Gasteiger partial charge in [0.1, 0.15) is 0 Å². The van der Waals surface area contributed by atoms with E-state index in [2.05, 4.69) is 20.4 Å². The molecule has 0 amide bonds. The quantitative estimate of drug-likeness (QED) is 0.374. The summed E-state index contributed by atoms with van der Waals surface area (Å²) in [6.07, 6.45) is 0.289. The number of nitrogens with one attached hydrogen (secondary N) is 1. The Bertz CT molecular complexity index is 1470. The fourth-order valence-corrected chi connectivity index (χ4v) is 3.18. The van der Waals surface area contributed by atoms with Crippen LogP contribution in [0.15, 0.2) is 73.1 Å². The van der Waals surface area contributed by atoms with Crippen LogP contribution in [-0.2, 0) is 11.0 Å². The van der Waals surface area contributed by atoms with E-state index < -0.39 is 17.8 Å². The Labute approximate surface area is 196 Å². The summed E-state index contributed by atoms with van der Waals surface area (Å²) < 4.78 is 40.5. The smallest absolute Gasteiger partial charge is 0.435 e. The number of hydrogen-bond donors (Lipinski definition) is 2. The molecule has 0 saturated carbocycles. The fourth-order valence-electron chi connectivity index (χ4n) is 3.18. The molecule has 35 heavy (non-hydrogen) atoms. The third-order valence-electron chi connectivity index (χ3n) is 4.73. The lowest BCUT2D eigenvalue weighted by Gasteiger charge is -2.12. The van der Waals surface area contributed by atoms with Gasteiger partial charge in [0.15, 0.2) is 11.5 Å². The number of aliphatic carboxylic acids is 1. The van der Waals surface area contributed by atoms with E-state index in [4.69, 9.17) is 10.4 Å². The molecule has 4 aromatic rings. The lowest BCUT2D eigenvalue weighted by Crippen LogP contribution is -2.10. The molecule has 2 aromatic carbocycles. The van der Waals surface area contributed by atoms with Crippen molar-refractivity contribution in [3.8, 4) is 23.0 Å². The van der Waals surface area contributed by atoms with E-state index in [1.54, 1.807) is 48.5 Å². The van der Waals surface area contributed by atoms with Crippen molar-refractivity contribution in [2.24, 2.45) is 0 Å². The number of anilines is 2. The van der Waals surface area contributed by atoms with E-state index >= 15 is 0 Å². The molecule has 0 saturated heterocycles. The monoisotopic (exact) mass is 476 g/mol. The van der Waals surface area contributed by atoms with Crippen LogP contribution in [0.3, 0.4) is 0 Å². The van der Waals surface area contributed by atoms with Crippen molar-refractivity contribution >= 4 is 23.7 Å². The van der Waals surface area contributed by atoms with Gasteiger partial charge in [0.25, 0.3) is 0 Å². The predicted octanol–water partition coefficient (Wildman–Crippen LogP) is 5.06. The highest BCUT2D eigenvalue weighted by Crippen LogP contribution is 2.31. The second-order valence-electron chi connectivity index (χ2n) is 7.19. The van der Waals surface area contributed by atoms with E-state index in [0.29, 0.717) is 27.9 Å². The van der Waals surface area contributed by atoms with Crippen molar-refractivity contribution in [1.82, 2.24) is 19.7 Å². The maximum Gasteiger partial charge on any atom is 0.435 e. The molecule has 11 heteroatoms. The molecule has 8 nitrogen and oxygen atoms in total. The standard InChI is InChI=1S/C24H15F3N6O2/c25-24(26,27)20-9-10-33(32-20)22-19(17-5-1-3-15(11-17)7-8-21(34)35)14-29-23(31-22)30-18-6-2-4-16(12-18)13-28/h1-12,14H,(H,34,35)(H,29,30,31). The Balaban J connectivity index is 1.80. The van der Waals surface area contributed by atoms with Gasteiger partial charge in [0.2, 0.25) is 5.95 Å². The van der Waals surface area contributed by atoms with E-state index in [1.807, 2.05) is 6.07 Å². The van der Waals surface area contributed by atoms with Crippen molar-refractivity contribution in [3.05, 3.63) is 89.9 Å². The Kier molecular flexibility index (Phi) is 6.28. The third-order valence-corrected chi connectivity index (χ3v) is 4.73. The van der Waals surface area contributed by atoms with Crippen LogP contribution in [0.4, 0.5) is 24.8 Å². The molecule has 4 rings (SSSR count). The van der Waals surface area contributed by atoms with Gasteiger partial charge in [0, 0.05) is 29.7 Å². The first-order valence-electron chi connectivity index (χ1n) is 10.0. The molecule has 2 N–H and O–H groups in total. The van der Waals surface area contributed by atoms with Crippen molar-refractivity contribution < 1.29 is 23.1 Å². The Morgan fingerprint density at radius 1 is 1.14 bits per heavy atom. The molecule has 0 aliphatic heterocycles. The van der Waals surface area contributed by atoms with Gasteiger partial charge in [-0.1, -0.05) is 24.3 Å². The molecule has 174 valence electrons. The molecule has 2 heterocycles. The number of carboxylic acids is 1. The number of benzene rings is 2. The van der Waals surface area contributed by atoms with Crippen molar-refractivity contribution in [1.29, 1.82) is 5.26 Å². The maximum atomic E-state index is 13.2. The van der Waals surface area contributed by atoms with Crippen LogP contribution >= 0.6 is 0 Å². The normalized spacial score (nSPS) is 11.4. The first-order chi connectivity index (χ1) is 16.7. The number of aromatic nitrogens is 4. The van der Waals surface area contributed by atoms with Crippen molar-refractivity contribution in [2.45, 2.75) is 6.18 Å². The summed E-state index contributed by atoms with van der Waals surface area (Å²) >= 11 is 0. The van der Waals surface area contributed by atoms with Gasteiger partial charge in [-0.05, 0) is 47.5 Å². The number of carboxylic acid groups (broad SMARTS) is 1. The molecule has 0 spiro atoms. The van der Waals surface area contributed by atoms with Gasteiger partial charge < -0.3 is 10.4 Å². The van der Waals surface area contributed by atoms with E-state index in [-0.39, 0.29) is 11.8 Å². The van der Waals surface area contributed by atoms with Gasteiger partial charge in [-0.15, -0.1) is 0 Å². The second-order valence-corrected chi connectivity index (χ2v) is 7.19. The Morgan fingerprint density at radius 3 is 2.66 bits per heavy atom. The largest absolute Gasteiger partial charge is 0.478 e. The van der Waals surface area contributed by atoms with Gasteiger partial charge >= 0.3 is 12.1 Å². The first-order valence-corrected chi connectivity index (χ1v) is 10.0. The first kappa shape index (κ1) is 23.2. The number of alkyl halides is 3. The number of nitriles is 1. The van der Waals surface area contributed by atoms with Gasteiger partial charge in [0.05, 0.1) is 11.6 Å². The summed E-state index contributed by atoms with van der Waals surface area (Å²) in [5.74, 6) is -0.981. The molecule has 0 radical (unpaired) electrons. The maximum absolute atomic E-state index is 13.2. The second kappa shape index (κ2) is 9.48. The summed E-state index contributed by atoms with van der Waals surface area (Å²) in [6, 6.07) is 16.1. The number of rotatable bonds is 6. The van der Waals surface area contributed by atoms with Crippen LogP contribution in [0.1, 0.15) is 16.8 Å². The highest BCUT2D eigenvalue weighted by atomic mass is 19.4. The van der Waals surface area contributed by atoms with E-state index in [1.165, 1.54) is 12.3 Å². The van der Waals surface area contributed by atoms with Crippen molar-refractivity contribution in [2.75, 3.05) is 5.32 Å². The lowest BCUT2D eigenvalue weighted by atomic mass is 10.0. The highest BCUT2D eigenvalue weighted by Gasteiger charge is 2.34. The summed E-state index contributed by atoms with van der Waals surface area (Å²) in [5, 5.41) is 24.5. The SMILES string of the molecule is N#Cc1cccc(Nc2ncc(-c3cccc(C=CC(=O)O)c3)c(-n3ccc(C(F)(F)F)n3)n2)c1. The third kappa shape index (κ3) is 5.51. The number of nitrogens with zero attached hydrogens (tertiary/aromatic N) is 5. The van der Waals surface area contributed by atoms with Gasteiger partial charge in [-0.3, -0.25) is 0 Å². The van der Waals surface area contributed by atoms with Crippen LogP contribution in [0.2, 0.25) is 0 Å². The van der Waals surface area contributed by atoms with E-state index in [0.717, 1.165) is 23.0 Å². The predicted molar refractivity (Wildman–Crippen MR) is 121 cm³/mol. The fraction of sp³-hybridized carbons (Fsp3) is 0.0417. The minimum atomic E-state index is -4.64. The van der Waals surface area contributed by atoms with Crippen LogP contribution in [0.25, 0.3) is 23.0 Å². The summed E-state index contributed by atoms with van der Waals surface area (Å²) in [6.45, 7) is 0. The lowest BCUT2D eigenvalue weighted by molar-refractivity contribution is -0.141. The zero-order valence-corrected chi connectivity index (χ0v) is 17.7. The number of hydrogen-bond acceptors (Lipinski definition) is 6.